The fraction of sp³-hybridized carbons (Fsp3) is 0.235. The van der Waals surface area contributed by atoms with Crippen LogP contribution in [0.4, 0.5) is 10.6 Å². The number of nitrogens with one attached hydrogen (secondary N) is 1. The number of carbonyl (C=O) groups is 1. The lowest BCUT2D eigenvalue weighted by Gasteiger charge is -2.09. The van der Waals surface area contributed by atoms with Gasteiger partial charge in [0.15, 0.2) is 5.65 Å². The Morgan fingerprint density at radius 2 is 2.08 bits per heavy atom. The highest BCUT2D eigenvalue weighted by Crippen LogP contribution is 2.24. The lowest BCUT2D eigenvalue weighted by molar-refractivity contribution is 0.155. The minimum absolute atomic E-state index is 0.185. The summed E-state index contributed by atoms with van der Waals surface area (Å²) in [5.41, 5.74) is 2.49. The van der Waals surface area contributed by atoms with Gasteiger partial charge in [-0.1, -0.05) is 55.8 Å². The minimum atomic E-state index is -0.580. The van der Waals surface area contributed by atoms with Crippen LogP contribution in [0.3, 0.4) is 0 Å². The fourth-order valence-electron chi connectivity index (χ4n) is 2.31. The summed E-state index contributed by atoms with van der Waals surface area (Å²) in [6.45, 7) is 4.27. The molecule has 2 aromatic heterocycles. The molecule has 1 N–H and O–H groups in total. The van der Waals surface area contributed by atoms with Gasteiger partial charge in [0.25, 0.3) is 0 Å². The molecule has 0 atom stereocenters. The van der Waals surface area contributed by atoms with Crippen molar-refractivity contribution in [3.8, 4) is 0 Å². The van der Waals surface area contributed by atoms with E-state index < -0.39 is 6.09 Å². The Morgan fingerprint density at radius 3 is 2.79 bits per heavy atom. The van der Waals surface area contributed by atoms with Gasteiger partial charge in [0, 0.05) is 11.6 Å². The van der Waals surface area contributed by atoms with Crippen LogP contribution in [0, 0.1) is 0 Å². The summed E-state index contributed by atoms with van der Waals surface area (Å²) in [6.07, 6.45) is 1.15. The van der Waals surface area contributed by atoms with E-state index in [1.807, 2.05) is 44.2 Å². The maximum Gasteiger partial charge on any atom is 0.413 e. The number of anilines is 1. The van der Waals surface area contributed by atoms with Gasteiger partial charge in [-0.15, -0.1) is 0 Å². The van der Waals surface area contributed by atoms with Gasteiger partial charge in [0.2, 0.25) is 0 Å². The first kappa shape index (κ1) is 16.3. The number of amides is 1. The molecule has 0 saturated carbocycles. The minimum Gasteiger partial charge on any atom is -0.444 e. The van der Waals surface area contributed by atoms with Gasteiger partial charge in [-0.2, -0.15) is 9.61 Å². The van der Waals surface area contributed by atoms with Gasteiger partial charge in [0.05, 0.1) is 6.20 Å². The second-order valence-corrected chi connectivity index (χ2v) is 6.03. The van der Waals surface area contributed by atoms with Gasteiger partial charge in [-0.3, -0.25) is 5.32 Å². The Morgan fingerprint density at radius 1 is 1.33 bits per heavy atom. The number of carbonyl (C=O) groups excluding carboxylic acids is 1. The Hall–Kier alpha value is -2.60. The molecule has 0 aliphatic heterocycles. The quantitative estimate of drug-likeness (QED) is 0.718. The highest BCUT2D eigenvalue weighted by Gasteiger charge is 2.15. The number of rotatable bonds is 4. The first-order chi connectivity index (χ1) is 11.5. The van der Waals surface area contributed by atoms with Gasteiger partial charge < -0.3 is 4.74 Å². The van der Waals surface area contributed by atoms with Crippen molar-refractivity contribution in [2.75, 3.05) is 5.32 Å². The molecule has 24 heavy (non-hydrogen) atoms. The molecule has 6 nitrogen and oxygen atoms in total. The van der Waals surface area contributed by atoms with E-state index in [2.05, 4.69) is 15.4 Å². The largest absolute Gasteiger partial charge is 0.444 e. The number of nitrogens with zero attached hydrogens (tertiary/aromatic N) is 3. The number of ether oxygens (including phenoxy) is 1. The van der Waals surface area contributed by atoms with Gasteiger partial charge in [-0.05, 0) is 11.5 Å². The highest BCUT2D eigenvalue weighted by atomic mass is 35.5. The molecule has 0 saturated heterocycles. The second kappa shape index (κ2) is 6.88. The Labute approximate surface area is 144 Å². The van der Waals surface area contributed by atoms with Crippen molar-refractivity contribution in [1.82, 2.24) is 14.6 Å². The van der Waals surface area contributed by atoms with E-state index >= 15 is 0 Å². The van der Waals surface area contributed by atoms with Crippen LogP contribution >= 0.6 is 11.6 Å². The van der Waals surface area contributed by atoms with Gasteiger partial charge in [0.1, 0.15) is 17.6 Å². The molecule has 3 aromatic rings. The molecular weight excluding hydrogens is 328 g/mol. The van der Waals surface area contributed by atoms with Crippen molar-refractivity contribution in [1.29, 1.82) is 0 Å². The van der Waals surface area contributed by atoms with E-state index in [4.69, 9.17) is 16.3 Å². The first-order valence-electron chi connectivity index (χ1n) is 7.56. The number of halogens is 1. The van der Waals surface area contributed by atoms with Crippen LogP contribution in [0.25, 0.3) is 5.65 Å². The normalized spacial score (nSPS) is 11.0. The molecule has 1 aromatic carbocycles. The molecule has 7 heteroatoms. The van der Waals surface area contributed by atoms with E-state index in [0.29, 0.717) is 11.5 Å². The van der Waals surface area contributed by atoms with Crippen LogP contribution in [-0.4, -0.2) is 20.7 Å². The third kappa shape index (κ3) is 3.49. The second-order valence-electron chi connectivity index (χ2n) is 5.64. The summed E-state index contributed by atoms with van der Waals surface area (Å²) in [6, 6.07) is 11.0. The lowest BCUT2D eigenvalue weighted by Crippen LogP contribution is -2.16. The predicted molar refractivity (Wildman–Crippen MR) is 92.3 cm³/mol. The molecule has 0 radical (unpaired) electrons. The Kier molecular flexibility index (Phi) is 4.66. The molecule has 3 rings (SSSR count). The molecule has 124 valence electrons. The van der Waals surface area contributed by atoms with Crippen molar-refractivity contribution in [3.05, 3.63) is 58.9 Å². The molecule has 0 aliphatic rings. The molecule has 0 aliphatic carbocycles. The van der Waals surface area contributed by atoms with Crippen LogP contribution in [0.1, 0.15) is 30.9 Å². The zero-order valence-electron chi connectivity index (χ0n) is 13.4. The van der Waals surface area contributed by atoms with Crippen LogP contribution in [0.5, 0.6) is 0 Å². The van der Waals surface area contributed by atoms with Gasteiger partial charge >= 0.3 is 6.09 Å². The van der Waals surface area contributed by atoms with E-state index in [-0.39, 0.29) is 17.7 Å². The summed E-state index contributed by atoms with van der Waals surface area (Å²) in [7, 11) is 0. The number of fused-ring (bicyclic) bond motifs is 1. The third-order valence-electron chi connectivity index (χ3n) is 3.53. The molecule has 0 fully saturated rings. The van der Waals surface area contributed by atoms with Crippen molar-refractivity contribution < 1.29 is 9.53 Å². The average molecular weight is 345 g/mol. The van der Waals surface area contributed by atoms with Gasteiger partial charge in [-0.25, -0.2) is 9.78 Å². The fourth-order valence-corrected chi connectivity index (χ4v) is 2.49. The number of hydrogen-bond acceptors (Lipinski definition) is 4. The monoisotopic (exact) mass is 344 g/mol. The topological polar surface area (TPSA) is 68.5 Å². The van der Waals surface area contributed by atoms with Crippen LogP contribution < -0.4 is 5.32 Å². The summed E-state index contributed by atoms with van der Waals surface area (Å²) in [4.78, 5) is 16.3. The molecule has 0 spiro atoms. The number of hydrogen-bond donors (Lipinski definition) is 1. The van der Waals surface area contributed by atoms with Crippen LogP contribution in [0.2, 0.25) is 5.15 Å². The maximum atomic E-state index is 12.0. The van der Waals surface area contributed by atoms with E-state index in [1.54, 1.807) is 10.7 Å². The van der Waals surface area contributed by atoms with Crippen molar-refractivity contribution in [2.45, 2.75) is 26.4 Å². The SMILES string of the molecule is CC(C)c1cnn2c(NC(=O)OCc3ccccc3)cc(Cl)nc12. The standard InChI is InChI=1S/C17H17ClN4O2/c1-11(2)13-9-19-22-15(8-14(18)20-16(13)22)21-17(23)24-10-12-6-4-3-5-7-12/h3-9,11H,10H2,1-2H3,(H,21,23). The number of aromatic nitrogens is 3. The zero-order chi connectivity index (χ0) is 17.1. The Bertz CT molecular complexity index is 862. The molecule has 1 amide bonds. The maximum absolute atomic E-state index is 12.0. The summed E-state index contributed by atoms with van der Waals surface area (Å²) >= 11 is 6.07. The first-order valence-corrected chi connectivity index (χ1v) is 7.94. The van der Waals surface area contributed by atoms with Crippen molar-refractivity contribution in [2.24, 2.45) is 0 Å². The molecule has 2 heterocycles. The summed E-state index contributed by atoms with van der Waals surface area (Å²) in [5, 5.41) is 7.22. The van der Waals surface area contributed by atoms with Crippen molar-refractivity contribution in [3.63, 3.8) is 0 Å². The third-order valence-corrected chi connectivity index (χ3v) is 3.73. The predicted octanol–water partition coefficient (Wildman–Crippen LogP) is 4.25. The summed E-state index contributed by atoms with van der Waals surface area (Å²) < 4.78 is 6.77. The molecular formula is C17H17ClN4O2. The zero-order valence-corrected chi connectivity index (χ0v) is 14.1. The molecule has 0 unspecified atom stereocenters. The van der Waals surface area contributed by atoms with E-state index in [9.17, 15) is 4.79 Å². The van der Waals surface area contributed by atoms with E-state index in [0.717, 1.165) is 11.1 Å². The van der Waals surface area contributed by atoms with E-state index in [1.165, 1.54) is 6.07 Å². The molecule has 0 bridgehead atoms. The lowest BCUT2D eigenvalue weighted by atomic mass is 10.1. The van der Waals surface area contributed by atoms with Crippen LogP contribution in [-0.2, 0) is 11.3 Å². The average Bonchev–Trinajstić information content (AvgIpc) is 2.98. The Balaban J connectivity index is 1.78. The van der Waals surface area contributed by atoms with Crippen LogP contribution in [0.15, 0.2) is 42.6 Å². The smallest absolute Gasteiger partial charge is 0.413 e. The summed E-state index contributed by atoms with van der Waals surface area (Å²) in [5.74, 6) is 0.654. The highest BCUT2D eigenvalue weighted by molar-refractivity contribution is 6.29. The number of benzene rings is 1. The van der Waals surface area contributed by atoms with Crippen molar-refractivity contribution >= 4 is 29.2 Å².